The first-order valence-electron chi connectivity index (χ1n) is 13.7. The van der Waals surface area contributed by atoms with E-state index in [0.717, 1.165) is 45.0 Å². The lowest BCUT2D eigenvalue weighted by molar-refractivity contribution is 0.408. The normalized spacial score (nSPS) is 14.0. The van der Waals surface area contributed by atoms with E-state index >= 15 is 0 Å². The summed E-state index contributed by atoms with van der Waals surface area (Å²) in [7, 11) is 3.30. The zero-order chi connectivity index (χ0) is 29.6. The molecule has 8 bridgehead atoms. The Kier molecular flexibility index (Phi) is 6.31. The summed E-state index contributed by atoms with van der Waals surface area (Å²) >= 11 is 0. The van der Waals surface area contributed by atoms with Crippen LogP contribution in [0.25, 0.3) is 46.3 Å². The average Bonchev–Trinajstić information content (AvgIpc) is 3.69. The maximum absolute atomic E-state index is 5.72. The number of aromatic nitrogens is 8. The molecule has 0 aromatic carbocycles. The van der Waals surface area contributed by atoms with Crippen molar-refractivity contribution in [2.75, 3.05) is 14.2 Å². The first-order valence-corrected chi connectivity index (χ1v) is 13.7. The second-order valence-corrected chi connectivity index (χ2v) is 10.7. The fraction of sp³-hybridized carbons (Fsp3) is 0.152. The third-order valence-electron chi connectivity index (χ3n) is 7.63. The van der Waals surface area contributed by atoms with E-state index in [0.29, 0.717) is 23.1 Å². The highest BCUT2D eigenvalue weighted by atomic mass is 16.5. The summed E-state index contributed by atoms with van der Waals surface area (Å²) in [6.07, 6.45) is 15.1. The molecule has 1 aliphatic heterocycles. The van der Waals surface area contributed by atoms with Gasteiger partial charge in [0.25, 0.3) is 0 Å². The Morgan fingerprint density at radius 1 is 0.605 bits per heavy atom. The van der Waals surface area contributed by atoms with E-state index in [9.17, 15) is 0 Å². The van der Waals surface area contributed by atoms with Gasteiger partial charge in [-0.25, -0.2) is 19.3 Å². The second-order valence-electron chi connectivity index (χ2n) is 10.7. The van der Waals surface area contributed by atoms with Crippen LogP contribution in [-0.4, -0.2) is 53.7 Å². The number of hydrogen-bond donors (Lipinski definition) is 0. The number of methoxy groups -OCH3 is 2. The van der Waals surface area contributed by atoms with Crippen molar-refractivity contribution in [2.45, 2.75) is 19.3 Å². The van der Waals surface area contributed by atoms with Crippen molar-refractivity contribution >= 4 is 12.2 Å². The van der Waals surface area contributed by atoms with Gasteiger partial charge >= 0.3 is 0 Å². The van der Waals surface area contributed by atoms with Crippen LogP contribution in [0.3, 0.4) is 0 Å². The van der Waals surface area contributed by atoms with Gasteiger partial charge in [0.05, 0.1) is 25.6 Å². The molecule has 0 amide bonds. The summed E-state index contributed by atoms with van der Waals surface area (Å²) in [4.78, 5) is 18.5. The number of hydrogen-bond acceptors (Lipinski definition) is 8. The number of fused-ring (bicyclic) bond motifs is 10. The summed E-state index contributed by atoms with van der Waals surface area (Å²) in [5.74, 6) is 2.58. The zero-order valence-electron chi connectivity index (χ0n) is 24.1. The molecule has 0 aliphatic carbocycles. The van der Waals surface area contributed by atoms with E-state index in [1.165, 1.54) is 0 Å². The lowest BCUT2D eigenvalue weighted by Crippen LogP contribution is -2.24. The molecule has 7 rings (SSSR count). The number of ether oxygens (including phenoxy) is 2. The van der Waals surface area contributed by atoms with Gasteiger partial charge in [-0.1, -0.05) is 12.2 Å². The number of rotatable bonds is 4. The molecule has 0 fully saturated rings. The van der Waals surface area contributed by atoms with Gasteiger partial charge in [0.2, 0.25) is 0 Å². The standard InChI is InChI=1S/C33H28N8O2/c1-33(2)27-15-25(42-3)17-29(36-27)40-19-23(31(38-40)21-7-11-34-12-8-21)5-6-24-20-41(30-18-26(43-4)16-28(33)37-30)39-32(24)22-9-13-35-14-10-22/h5-20H,1-4H3/b6-5-. The molecule has 0 atom stereocenters. The van der Waals surface area contributed by atoms with Crippen molar-refractivity contribution in [1.29, 1.82) is 0 Å². The predicted octanol–water partition coefficient (Wildman–Crippen LogP) is 5.80. The summed E-state index contributed by atoms with van der Waals surface area (Å²) < 4.78 is 15.0. The molecule has 0 unspecified atom stereocenters. The van der Waals surface area contributed by atoms with Crippen LogP contribution in [0, 0.1) is 0 Å². The maximum atomic E-state index is 5.72. The van der Waals surface area contributed by atoms with Crippen molar-refractivity contribution in [1.82, 2.24) is 39.5 Å². The second kappa shape index (κ2) is 10.3. The Morgan fingerprint density at radius 2 is 1.02 bits per heavy atom. The maximum Gasteiger partial charge on any atom is 0.157 e. The van der Waals surface area contributed by atoms with Gasteiger partial charge in [0, 0.05) is 89.1 Å². The average molecular weight is 569 g/mol. The Labute approximate surface area is 248 Å². The molecule has 43 heavy (non-hydrogen) atoms. The molecule has 6 aromatic heterocycles. The molecule has 10 nitrogen and oxygen atoms in total. The minimum absolute atomic E-state index is 0.624. The smallest absolute Gasteiger partial charge is 0.157 e. The Hall–Kier alpha value is -5.64. The van der Waals surface area contributed by atoms with Crippen molar-refractivity contribution < 1.29 is 9.47 Å². The molecule has 212 valence electrons. The van der Waals surface area contributed by atoms with Gasteiger partial charge in [-0.3, -0.25) is 9.97 Å². The van der Waals surface area contributed by atoms with Crippen LogP contribution >= 0.6 is 0 Å². The van der Waals surface area contributed by atoms with Crippen molar-refractivity contribution in [2.24, 2.45) is 0 Å². The monoisotopic (exact) mass is 568 g/mol. The Balaban J connectivity index is 1.54. The van der Waals surface area contributed by atoms with Crippen LogP contribution in [0.15, 0.2) is 85.7 Å². The third kappa shape index (κ3) is 4.72. The predicted molar refractivity (Wildman–Crippen MR) is 163 cm³/mol. The molecule has 7 heterocycles. The van der Waals surface area contributed by atoms with Gasteiger partial charge in [0.15, 0.2) is 11.6 Å². The van der Waals surface area contributed by atoms with E-state index < -0.39 is 5.41 Å². The van der Waals surface area contributed by atoms with Crippen molar-refractivity contribution in [3.8, 4) is 45.6 Å². The summed E-state index contributed by atoms with van der Waals surface area (Å²) in [6, 6.07) is 15.4. The zero-order valence-corrected chi connectivity index (χ0v) is 24.1. The SMILES string of the molecule is COc1cc2nc(c1)C(C)(C)c1cc(OC)cc(n1)-n1cc(c(-c3ccncc3)n1)/C=C\c1cn-2nc1-c1ccncc1. The summed E-state index contributed by atoms with van der Waals surface area (Å²) in [5.41, 5.74) is 6.17. The molecule has 10 heteroatoms. The molecular weight excluding hydrogens is 540 g/mol. The molecule has 0 saturated heterocycles. The fourth-order valence-corrected chi connectivity index (χ4v) is 5.13. The minimum atomic E-state index is -0.640. The lowest BCUT2D eigenvalue weighted by Gasteiger charge is -2.25. The van der Waals surface area contributed by atoms with E-state index in [1.54, 1.807) is 48.4 Å². The number of pyridine rings is 4. The lowest BCUT2D eigenvalue weighted by atomic mass is 9.84. The highest BCUT2D eigenvalue weighted by molar-refractivity contribution is 5.83. The van der Waals surface area contributed by atoms with Crippen LogP contribution in [0.1, 0.15) is 36.4 Å². The highest BCUT2D eigenvalue weighted by Crippen LogP contribution is 2.36. The quantitative estimate of drug-likeness (QED) is 0.263. The first kappa shape index (κ1) is 26.3. The summed E-state index contributed by atoms with van der Waals surface area (Å²) in [5, 5.41) is 9.99. The molecule has 0 spiro atoms. The topological polar surface area (TPSA) is 106 Å². The Morgan fingerprint density at radius 3 is 1.42 bits per heavy atom. The fourth-order valence-electron chi connectivity index (χ4n) is 5.13. The molecule has 0 radical (unpaired) electrons. The van der Waals surface area contributed by atoms with E-state index in [-0.39, 0.29) is 0 Å². The van der Waals surface area contributed by atoms with E-state index in [1.807, 2.05) is 73.1 Å². The van der Waals surface area contributed by atoms with Gasteiger partial charge in [-0.15, -0.1) is 0 Å². The largest absolute Gasteiger partial charge is 0.497 e. The third-order valence-corrected chi connectivity index (χ3v) is 7.63. The van der Waals surface area contributed by atoms with Crippen LogP contribution in [-0.2, 0) is 5.41 Å². The molecule has 6 aromatic rings. The van der Waals surface area contributed by atoms with Crippen LogP contribution < -0.4 is 9.47 Å². The van der Waals surface area contributed by atoms with E-state index in [2.05, 4.69) is 23.8 Å². The number of nitrogens with zero attached hydrogens (tertiary/aromatic N) is 8. The molecule has 0 saturated carbocycles. The van der Waals surface area contributed by atoms with Gasteiger partial charge in [0.1, 0.15) is 22.9 Å². The summed E-state index contributed by atoms with van der Waals surface area (Å²) in [6.45, 7) is 4.16. The van der Waals surface area contributed by atoms with Crippen LogP contribution in [0.2, 0.25) is 0 Å². The Bertz CT molecular complexity index is 1840. The van der Waals surface area contributed by atoms with Crippen LogP contribution in [0.4, 0.5) is 0 Å². The van der Waals surface area contributed by atoms with Gasteiger partial charge in [-0.05, 0) is 38.1 Å². The molecule has 0 N–H and O–H groups in total. The van der Waals surface area contributed by atoms with Gasteiger partial charge in [-0.2, -0.15) is 10.2 Å². The molecule has 1 aliphatic rings. The van der Waals surface area contributed by atoms with Crippen molar-refractivity contribution in [3.63, 3.8) is 0 Å². The molecular formula is C33H28N8O2. The van der Waals surface area contributed by atoms with Gasteiger partial charge < -0.3 is 9.47 Å². The highest BCUT2D eigenvalue weighted by Gasteiger charge is 2.30. The van der Waals surface area contributed by atoms with Crippen LogP contribution in [0.5, 0.6) is 11.5 Å². The first-order chi connectivity index (χ1) is 20.9. The minimum Gasteiger partial charge on any atom is -0.497 e. The van der Waals surface area contributed by atoms with Crippen molar-refractivity contribution in [3.05, 3.63) is 108 Å². The van der Waals surface area contributed by atoms with E-state index in [4.69, 9.17) is 29.6 Å².